The summed E-state index contributed by atoms with van der Waals surface area (Å²) in [6.07, 6.45) is 0.651. The number of primary amides is 1. The standard InChI is InChI=1S/C9H17N3O3/c10-2-4-15-6-8(13)12-3-1-7(5-12)9(11)14/h7H,1-6,10H2,(H2,11,14). The van der Waals surface area contributed by atoms with E-state index in [1.54, 1.807) is 4.90 Å². The zero-order valence-electron chi connectivity index (χ0n) is 8.65. The highest BCUT2D eigenvalue weighted by atomic mass is 16.5. The minimum atomic E-state index is -0.340. The van der Waals surface area contributed by atoms with Crippen molar-refractivity contribution in [2.24, 2.45) is 17.4 Å². The van der Waals surface area contributed by atoms with Crippen LogP contribution in [0.2, 0.25) is 0 Å². The highest BCUT2D eigenvalue weighted by molar-refractivity contribution is 5.81. The molecule has 1 aliphatic rings. The first-order valence-corrected chi connectivity index (χ1v) is 5.00. The van der Waals surface area contributed by atoms with Crippen molar-refractivity contribution in [1.29, 1.82) is 0 Å². The first-order valence-electron chi connectivity index (χ1n) is 5.00. The topological polar surface area (TPSA) is 98.7 Å². The van der Waals surface area contributed by atoms with Gasteiger partial charge < -0.3 is 21.1 Å². The van der Waals surface area contributed by atoms with E-state index in [1.165, 1.54) is 0 Å². The van der Waals surface area contributed by atoms with Gasteiger partial charge in [-0.25, -0.2) is 0 Å². The minimum Gasteiger partial charge on any atom is -0.370 e. The Bertz CT molecular complexity index is 245. The molecule has 4 N–H and O–H groups in total. The Balaban J connectivity index is 2.27. The minimum absolute atomic E-state index is 0.0304. The number of carbonyl (C=O) groups is 2. The summed E-state index contributed by atoms with van der Waals surface area (Å²) in [6, 6.07) is 0. The summed E-state index contributed by atoms with van der Waals surface area (Å²) in [5.41, 5.74) is 10.4. The predicted octanol–water partition coefficient (Wildman–Crippen LogP) is -1.70. The van der Waals surface area contributed by atoms with Crippen LogP contribution < -0.4 is 11.5 Å². The fraction of sp³-hybridized carbons (Fsp3) is 0.778. The lowest BCUT2D eigenvalue weighted by molar-refractivity contribution is -0.135. The maximum atomic E-state index is 11.5. The second-order valence-electron chi connectivity index (χ2n) is 3.57. The summed E-state index contributed by atoms with van der Waals surface area (Å²) in [5, 5.41) is 0. The van der Waals surface area contributed by atoms with Crippen molar-refractivity contribution in [2.45, 2.75) is 6.42 Å². The third kappa shape index (κ3) is 3.49. The number of hydrogen-bond donors (Lipinski definition) is 2. The van der Waals surface area contributed by atoms with Crippen LogP contribution in [0.3, 0.4) is 0 Å². The molecule has 0 aromatic heterocycles. The molecule has 0 radical (unpaired) electrons. The van der Waals surface area contributed by atoms with Crippen LogP contribution in [0.25, 0.3) is 0 Å². The SMILES string of the molecule is NCCOCC(=O)N1CCC(C(N)=O)C1. The van der Waals surface area contributed by atoms with Crippen molar-refractivity contribution >= 4 is 11.8 Å². The molecule has 15 heavy (non-hydrogen) atoms. The first kappa shape index (κ1) is 11.9. The lowest BCUT2D eigenvalue weighted by Gasteiger charge is -2.15. The fourth-order valence-corrected chi connectivity index (χ4v) is 1.55. The van der Waals surface area contributed by atoms with E-state index in [2.05, 4.69) is 0 Å². The zero-order valence-corrected chi connectivity index (χ0v) is 8.65. The van der Waals surface area contributed by atoms with E-state index < -0.39 is 0 Å². The molecule has 1 saturated heterocycles. The highest BCUT2D eigenvalue weighted by Gasteiger charge is 2.29. The van der Waals surface area contributed by atoms with Crippen LogP contribution in [0.15, 0.2) is 0 Å². The molecule has 0 aromatic rings. The quantitative estimate of drug-likeness (QED) is 0.534. The van der Waals surface area contributed by atoms with Gasteiger partial charge in [-0.3, -0.25) is 9.59 Å². The third-order valence-corrected chi connectivity index (χ3v) is 2.43. The number of nitrogens with two attached hydrogens (primary N) is 2. The number of carbonyl (C=O) groups excluding carboxylic acids is 2. The molecule has 0 spiro atoms. The maximum Gasteiger partial charge on any atom is 0.248 e. The van der Waals surface area contributed by atoms with E-state index in [0.717, 1.165) is 0 Å². The molecule has 1 aliphatic heterocycles. The molecule has 1 rings (SSSR count). The predicted molar refractivity (Wildman–Crippen MR) is 53.8 cm³/mol. The Morgan fingerprint density at radius 2 is 2.20 bits per heavy atom. The summed E-state index contributed by atoms with van der Waals surface area (Å²) >= 11 is 0. The first-order chi connectivity index (χ1) is 7.15. The fourth-order valence-electron chi connectivity index (χ4n) is 1.55. The summed E-state index contributed by atoms with van der Waals surface area (Å²) in [6.45, 7) is 1.80. The summed E-state index contributed by atoms with van der Waals surface area (Å²) in [7, 11) is 0. The summed E-state index contributed by atoms with van der Waals surface area (Å²) in [5.74, 6) is -0.649. The van der Waals surface area contributed by atoms with Gasteiger partial charge in [0.2, 0.25) is 11.8 Å². The van der Waals surface area contributed by atoms with Crippen molar-refractivity contribution in [3.63, 3.8) is 0 Å². The van der Waals surface area contributed by atoms with Crippen molar-refractivity contribution < 1.29 is 14.3 Å². The number of rotatable bonds is 5. The second kappa shape index (κ2) is 5.67. The molecule has 0 saturated carbocycles. The third-order valence-electron chi connectivity index (χ3n) is 2.43. The molecular formula is C9H17N3O3. The molecule has 1 heterocycles. The van der Waals surface area contributed by atoms with Gasteiger partial charge in [0.15, 0.2) is 0 Å². The Morgan fingerprint density at radius 3 is 2.73 bits per heavy atom. The Labute approximate surface area is 88.5 Å². The van der Waals surface area contributed by atoms with Gasteiger partial charge >= 0.3 is 0 Å². The van der Waals surface area contributed by atoms with Gasteiger partial charge in [0.25, 0.3) is 0 Å². The number of hydrogen-bond acceptors (Lipinski definition) is 4. The molecule has 0 bridgehead atoms. The van der Waals surface area contributed by atoms with Crippen LogP contribution in [0, 0.1) is 5.92 Å². The average Bonchev–Trinajstić information content (AvgIpc) is 2.66. The van der Waals surface area contributed by atoms with Crippen LogP contribution in [-0.2, 0) is 14.3 Å². The molecule has 1 unspecified atom stereocenters. The van der Waals surface area contributed by atoms with E-state index in [0.29, 0.717) is 32.7 Å². The summed E-state index contributed by atoms with van der Waals surface area (Å²) < 4.78 is 5.02. The normalized spacial score (nSPS) is 20.6. The summed E-state index contributed by atoms with van der Waals surface area (Å²) in [4.78, 5) is 24.0. The maximum absolute atomic E-state index is 11.5. The molecule has 6 nitrogen and oxygen atoms in total. The second-order valence-corrected chi connectivity index (χ2v) is 3.57. The number of amides is 2. The molecule has 6 heteroatoms. The highest BCUT2D eigenvalue weighted by Crippen LogP contribution is 2.15. The number of ether oxygens (including phenoxy) is 1. The van der Waals surface area contributed by atoms with E-state index in [1.807, 2.05) is 0 Å². The molecule has 0 aromatic carbocycles. The molecule has 2 amide bonds. The molecule has 0 aliphatic carbocycles. The van der Waals surface area contributed by atoms with Crippen LogP contribution in [0.5, 0.6) is 0 Å². The van der Waals surface area contributed by atoms with Gasteiger partial charge in [-0.05, 0) is 6.42 Å². The van der Waals surface area contributed by atoms with Crippen LogP contribution in [0.1, 0.15) is 6.42 Å². The van der Waals surface area contributed by atoms with Gasteiger partial charge in [0, 0.05) is 19.6 Å². The van der Waals surface area contributed by atoms with Gasteiger partial charge in [-0.1, -0.05) is 0 Å². The van der Waals surface area contributed by atoms with Crippen molar-refractivity contribution in [3.05, 3.63) is 0 Å². The lowest BCUT2D eigenvalue weighted by Crippen LogP contribution is -2.34. The lowest BCUT2D eigenvalue weighted by atomic mass is 10.1. The van der Waals surface area contributed by atoms with Crippen molar-refractivity contribution in [3.8, 4) is 0 Å². The van der Waals surface area contributed by atoms with E-state index in [9.17, 15) is 9.59 Å². The van der Waals surface area contributed by atoms with Crippen molar-refractivity contribution in [2.75, 3.05) is 32.8 Å². The van der Waals surface area contributed by atoms with Crippen LogP contribution in [0.4, 0.5) is 0 Å². The Morgan fingerprint density at radius 1 is 1.47 bits per heavy atom. The number of likely N-dealkylation sites (tertiary alicyclic amines) is 1. The van der Waals surface area contributed by atoms with Gasteiger partial charge in [-0.2, -0.15) is 0 Å². The van der Waals surface area contributed by atoms with Crippen LogP contribution >= 0.6 is 0 Å². The van der Waals surface area contributed by atoms with E-state index in [-0.39, 0.29) is 24.3 Å². The zero-order chi connectivity index (χ0) is 11.3. The van der Waals surface area contributed by atoms with E-state index >= 15 is 0 Å². The molecule has 1 fully saturated rings. The molecule has 86 valence electrons. The van der Waals surface area contributed by atoms with Crippen molar-refractivity contribution in [1.82, 2.24) is 4.90 Å². The van der Waals surface area contributed by atoms with E-state index in [4.69, 9.17) is 16.2 Å². The van der Waals surface area contributed by atoms with Gasteiger partial charge in [0.05, 0.1) is 12.5 Å². The average molecular weight is 215 g/mol. The van der Waals surface area contributed by atoms with Crippen LogP contribution in [-0.4, -0.2) is 49.6 Å². The smallest absolute Gasteiger partial charge is 0.248 e. The number of nitrogens with zero attached hydrogens (tertiary/aromatic N) is 1. The Hall–Kier alpha value is -1.14. The molecular weight excluding hydrogens is 198 g/mol. The largest absolute Gasteiger partial charge is 0.370 e. The van der Waals surface area contributed by atoms with Gasteiger partial charge in [-0.15, -0.1) is 0 Å². The monoisotopic (exact) mass is 215 g/mol. The molecule has 1 atom stereocenters. The van der Waals surface area contributed by atoms with Gasteiger partial charge in [0.1, 0.15) is 6.61 Å². The Kier molecular flexibility index (Phi) is 4.51.